The Kier molecular flexibility index (Phi) is 4.37. The van der Waals surface area contributed by atoms with Crippen LogP contribution in [0.4, 0.5) is 11.4 Å². The van der Waals surface area contributed by atoms with Crippen LogP contribution < -0.4 is 5.32 Å². The highest BCUT2D eigenvalue weighted by Crippen LogP contribution is 2.26. The molecule has 0 spiro atoms. The van der Waals surface area contributed by atoms with E-state index in [0.717, 1.165) is 21.3 Å². The maximum atomic E-state index is 12.2. The summed E-state index contributed by atoms with van der Waals surface area (Å²) in [6, 6.07) is 9.46. The standard InChI is InChI=1S/C15H13BrN2O3/c1-9-6-12(16)7-10(2)14(9)17-15(19)11-4-3-5-13(8-11)18(20)21/h3-8H,1-2H3,(H,17,19). The van der Waals surface area contributed by atoms with Gasteiger partial charge in [0.05, 0.1) is 4.92 Å². The number of amides is 1. The van der Waals surface area contributed by atoms with Crippen molar-refractivity contribution in [3.63, 3.8) is 0 Å². The average molecular weight is 349 g/mol. The molecule has 0 saturated carbocycles. The molecule has 6 heteroatoms. The van der Waals surface area contributed by atoms with Gasteiger partial charge in [0.15, 0.2) is 0 Å². The molecule has 0 radical (unpaired) electrons. The number of benzene rings is 2. The smallest absolute Gasteiger partial charge is 0.270 e. The van der Waals surface area contributed by atoms with Gasteiger partial charge in [-0.25, -0.2) is 0 Å². The van der Waals surface area contributed by atoms with Gasteiger partial charge in [-0.3, -0.25) is 14.9 Å². The second-order valence-corrected chi connectivity index (χ2v) is 5.59. The Bertz CT molecular complexity index is 706. The first-order chi connectivity index (χ1) is 9.88. The summed E-state index contributed by atoms with van der Waals surface area (Å²) in [6.07, 6.45) is 0. The van der Waals surface area contributed by atoms with Crippen LogP contribution in [0.15, 0.2) is 40.9 Å². The van der Waals surface area contributed by atoms with Crippen LogP contribution in [0.2, 0.25) is 0 Å². The zero-order valence-electron chi connectivity index (χ0n) is 11.5. The number of nitro groups is 1. The maximum absolute atomic E-state index is 12.2. The summed E-state index contributed by atoms with van der Waals surface area (Å²) in [7, 11) is 0. The van der Waals surface area contributed by atoms with Gasteiger partial charge < -0.3 is 5.32 Å². The van der Waals surface area contributed by atoms with Crippen LogP contribution >= 0.6 is 15.9 Å². The number of halogens is 1. The molecule has 2 aromatic rings. The van der Waals surface area contributed by atoms with Crippen molar-refractivity contribution in [2.75, 3.05) is 5.32 Å². The largest absolute Gasteiger partial charge is 0.321 e. The van der Waals surface area contributed by atoms with Gasteiger partial charge in [-0.05, 0) is 43.2 Å². The molecule has 0 aliphatic carbocycles. The number of hydrogen-bond acceptors (Lipinski definition) is 3. The zero-order valence-corrected chi connectivity index (χ0v) is 13.1. The van der Waals surface area contributed by atoms with Crippen LogP contribution in [0.3, 0.4) is 0 Å². The van der Waals surface area contributed by atoms with Gasteiger partial charge in [-0.1, -0.05) is 22.0 Å². The molecule has 0 saturated heterocycles. The Hall–Kier alpha value is -2.21. The predicted molar refractivity (Wildman–Crippen MR) is 84.7 cm³/mol. The lowest BCUT2D eigenvalue weighted by molar-refractivity contribution is -0.384. The van der Waals surface area contributed by atoms with Gasteiger partial charge >= 0.3 is 0 Å². The van der Waals surface area contributed by atoms with Crippen molar-refractivity contribution in [2.45, 2.75) is 13.8 Å². The molecule has 0 fully saturated rings. The van der Waals surface area contributed by atoms with Crippen LogP contribution in [0.1, 0.15) is 21.5 Å². The molecule has 1 N–H and O–H groups in total. The summed E-state index contributed by atoms with van der Waals surface area (Å²) in [4.78, 5) is 22.5. The third-order valence-corrected chi connectivity index (χ3v) is 3.51. The van der Waals surface area contributed by atoms with Gasteiger partial charge in [0, 0.05) is 27.9 Å². The van der Waals surface area contributed by atoms with Crippen molar-refractivity contribution < 1.29 is 9.72 Å². The molecule has 0 unspecified atom stereocenters. The van der Waals surface area contributed by atoms with E-state index >= 15 is 0 Å². The van der Waals surface area contributed by atoms with E-state index in [1.165, 1.54) is 18.2 Å². The van der Waals surface area contributed by atoms with Crippen molar-refractivity contribution >= 4 is 33.2 Å². The fourth-order valence-electron chi connectivity index (χ4n) is 2.05. The van der Waals surface area contributed by atoms with Crippen LogP contribution in [-0.2, 0) is 0 Å². The summed E-state index contributed by atoms with van der Waals surface area (Å²) in [5.41, 5.74) is 2.70. The Morgan fingerprint density at radius 1 is 1.19 bits per heavy atom. The van der Waals surface area contributed by atoms with E-state index in [4.69, 9.17) is 0 Å². The van der Waals surface area contributed by atoms with Crippen molar-refractivity contribution in [1.82, 2.24) is 0 Å². The first kappa shape index (κ1) is 15.2. The summed E-state index contributed by atoms with van der Waals surface area (Å²) in [5.74, 6) is -0.368. The van der Waals surface area contributed by atoms with Crippen molar-refractivity contribution in [3.05, 3.63) is 67.7 Å². The van der Waals surface area contributed by atoms with Gasteiger partial charge in [0.2, 0.25) is 0 Å². The summed E-state index contributed by atoms with van der Waals surface area (Å²) < 4.78 is 0.936. The minimum absolute atomic E-state index is 0.105. The number of carbonyl (C=O) groups excluding carboxylic acids is 1. The highest BCUT2D eigenvalue weighted by Gasteiger charge is 2.13. The molecule has 2 rings (SSSR count). The van der Waals surface area contributed by atoms with Gasteiger partial charge in [-0.15, -0.1) is 0 Å². The Labute approximate surface area is 130 Å². The van der Waals surface area contributed by atoms with Crippen molar-refractivity contribution in [3.8, 4) is 0 Å². The number of non-ortho nitro benzene ring substituents is 1. The lowest BCUT2D eigenvalue weighted by Crippen LogP contribution is -2.14. The third-order valence-electron chi connectivity index (χ3n) is 3.06. The molecule has 0 atom stereocenters. The lowest BCUT2D eigenvalue weighted by atomic mass is 10.1. The molecule has 1 amide bonds. The van der Waals surface area contributed by atoms with Gasteiger partial charge in [0.25, 0.3) is 11.6 Å². The number of nitro benzene ring substituents is 1. The van der Waals surface area contributed by atoms with Gasteiger partial charge in [0.1, 0.15) is 0 Å². The number of rotatable bonds is 3. The quantitative estimate of drug-likeness (QED) is 0.666. The van der Waals surface area contributed by atoms with E-state index in [9.17, 15) is 14.9 Å². The molecule has 0 aromatic heterocycles. The second-order valence-electron chi connectivity index (χ2n) is 4.68. The first-order valence-electron chi connectivity index (χ1n) is 6.21. The Balaban J connectivity index is 2.30. The highest BCUT2D eigenvalue weighted by molar-refractivity contribution is 9.10. The summed E-state index contributed by atoms with van der Waals surface area (Å²) >= 11 is 3.40. The molecule has 2 aromatic carbocycles. The summed E-state index contributed by atoms with van der Waals surface area (Å²) in [6.45, 7) is 3.78. The predicted octanol–water partition coefficient (Wildman–Crippen LogP) is 4.23. The van der Waals surface area contributed by atoms with Crippen LogP contribution in [0.25, 0.3) is 0 Å². The van der Waals surface area contributed by atoms with E-state index in [0.29, 0.717) is 0 Å². The third kappa shape index (κ3) is 3.46. The normalized spacial score (nSPS) is 10.2. The molecule has 0 heterocycles. The molecule has 21 heavy (non-hydrogen) atoms. The number of anilines is 1. The SMILES string of the molecule is Cc1cc(Br)cc(C)c1NC(=O)c1cccc([N+](=O)[O-])c1. The Morgan fingerprint density at radius 3 is 2.38 bits per heavy atom. The van der Waals surface area contributed by atoms with E-state index in [-0.39, 0.29) is 17.2 Å². The minimum atomic E-state index is -0.521. The van der Waals surface area contributed by atoms with Crippen molar-refractivity contribution in [2.24, 2.45) is 0 Å². The van der Waals surface area contributed by atoms with E-state index in [1.54, 1.807) is 6.07 Å². The molecule has 0 bridgehead atoms. The second kappa shape index (κ2) is 6.05. The molecular weight excluding hydrogens is 336 g/mol. The average Bonchev–Trinajstić information content (AvgIpc) is 2.42. The molecular formula is C15H13BrN2O3. The number of nitrogens with zero attached hydrogens (tertiary/aromatic N) is 1. The molecule has 0 aliphatic rings. The fourth-order valence-corrected chi connectivity index (χ4v) is 2.74. The van der Waals surface area contributed by atoms with E-state index in [1.807, 2.05) is 26.0 Å². The zero-order chi connectivity index (χ0) is 15.6. The first-order valence-corrected chi connectivity index (χ1v) is 7.00. The van der Waals surface area contributed by atoms with Crippen LogP contribution in [0.5, 0.6) is 0 Å². The lowest BCUT2D eigenvalue weighted by Gasteiger charge is -2.12. The molecule has 108 valence electrons. The number of nitrogens with one attached hydrogen (secondary N) is 1. The topological polar surface area (TPSA) is 72.2 Å². The van der Waals surface area contributed by atoms with E-state index in [2.05, 4.69) is 21.2 Å². The summed E-state index contributed by atoms with van der Waals surface area (Å²) in [5, 5.41) is 13.6. The van der Waals surface area contributed by atoms with Gasteiger partial charge in [-0.2, -0.15) is 0 Å². The maximum Gasteiger partial charge on any atom is 0.270 e. The number of aryl methyl sites for hydroxylation is 2. The molecule has 5 nitrogen and oxygen atoms in total. The monoisotopic (exact) mass is 348 g/mol. The Morgan fingerprint density at radius 2 is 1.81 bits per heavy atom. The van der Waals surface area contributed by atoms with E-state index < -0.39 is 4.92 Å². The van der Waals surface area contributed by atoms with Crippen LogP contribution in [0, 0.1) is 24.0 Å². The minimum Gasteiger partial charge on any atom is -0.321 e. The van der Waals surface area contributed by atoms with Crippen LogP contribution in [-0.4, -0.2) is 10.8 Å². The highest BCUT2D eigenvalue weighted by atomic mass is 79.9. The number of carbonyl (C=O) groups is 1. The number of hydrogen-bond donors (Lipinski definition) is 1. The van der Waals surface area contributed by atoms with Crippen molar-refractivity contribution in [1.29, 1.82) is 0 Å². The molecule has 0 aliphatic heterocycles. The fraction of sp³-hybridized carbons (Fsp3) is 0.133.